The molecule has 0 amide bonds. The average molecular weight is 183 g/mol. The van der Waals surface area contributed by atoms with Crippen LogP contribution in [0.3, 0.4) is 0 Å². The minimum Gasteiger partial charge on any atom is -0.306 e. The van der Waals surface area contributed by atoms with Gasteiger partial charge in [0.05, 0.1) is 0 Å². The molecule has 0 aromatic rings. The lowest BCUT2D eigenvalue weighted by molar-refractivity contribution is -0.129. The maximum Gasteiger partial charge on any atom is 0.136 e. The van der Waals surface area contributed by atoms with Crippen molar-refractivity contribution in [3.8, 4) is 0 Å². The number of hydrogen-bond acceptors (Lipinski definition) is 2. The summed E-state index contributed by atoms with van der Waals surface area (Å²) in [6.45, 7) is 6.10. The van der Waals surface area contributed by atoms with Gasteiger partial charge in [-0.2, -0.15) is 0 Å². The van der Waals surface area contributed by atoms with Gasteiger partial charge in [-0.05, 0) is 46.3 Å². The Morgan fingerprint density at radius 3 is 2.31 bits per heavy atom. The number of hydrogen-bond donors (Lipinski definition) is 0. The van der Waals surface area contributed by atoms with Gasteiger partial charge < -0.3 is 4.90 Å². The molecular weight excluding hydrogens is 162 g/mol. The molecule has 1 fully saturated rings. The Kier molecular flexibility index (Phi) is 3.48. The van der Waals surface area contributed by atoms with Crippen LogP contribution in [-0.2, 0) is 4.79 Å². The molecule has 76 valence electrons. The van der Waals surface area contributed by atoms with E-state index in [-0.39, 0.29) is 5.41 Å². The number of ketones is 1. The predicted octanol–water partition coefficient (Wildman–Crippen LogP) is 2.09. The van der Waals surface area contributed by atoms with Gasteiger partial charge in [0.25, 0.3) is 0 Å². The summed E-state index contributed by atoms with van der Waals surface area (Å²) in [6.07, 6.45) is 4.33. The summed E-state index contributed by atoms with van der Waals surface area (Å²) in [7, 11) is 2.13. The van der Waals surface area contributed by atoms with Crippen LogP contribution in [0.5, 0.6) is 0 Å². The van der Waals surface area contributed by atoms with Crippen LogP contribution in [0, 0.1) is 5.41 Å². The Labute approximate surface area is 81.3 Å². The van der Waals surface area contributed by atoms with Crippen LogP contribution in [0.2, 0.25) is 0 Å². The molecule has 0 saturated carbocycles. The molecule has 0 spiro atoms. The summed E-state index contributed by atoms with van der Waals surface area (Å²) in [4.78, 5) is 13.9. The van der Waals surface area contributed by atoms with E-state index in [9.17, 15) is 4.79 Å². The van der Waals surface area contributed by atoms with Crippen LogP contribution in [0.25, 0.3) is 0 Å². The van der Waals surface area contributed by atoms with Crippen LogP contribution in [0.1, 0.15) is 39.5 Å². The summed E-state index contributed by atoms with van der Waals surface area (Å²) in [5.74, 6) is 0.405. The van der Waals surface area contributed by atoms with Crippen LogP contribution in [0.4, 0.5) is 0 Å². The molecule has 0 unspecified atom stereocenters. The van der Waals surface area contributed by atoms with E-state index in [2.05, 4.69) is 18.9 Å². The predicted molar refractivity (Wildman–Crippen MR) is 54.8 cm³/mol. The highest BCUT2D eigenvalue weighted by Crippen LogP contribution is 2.36. The number of carbonyl (C=O) groups is 1. The largest absolute Gasteiger partial charge is 0.306 e. The standard InChI is InChI=1S/C11H21NO/c1-4-5-11(10(2)13)6-8-12(3)9-7-11/h4-9H2,1-3H3. The lowest BCUT2D eigenvalue weighted by Crippen LogP contribution is -2.41. The van der Waals surface area contributed by atoms with Gasteiger partial charge in [0.15, 0.2) is 0 Å². The molecule has 0 aromatic carbocycles. The first-order chi connectivity index (χ1) is 6.10. The van der Waals surface area contributed by atoms with Crippen LogP contribution in [0.15, 0.2) is 0 Å². The zero-order valence-electron chi connectivity index (χ0n) is 9.10. The molecule has 13 heavy (non-hydrogen) atoms. The molecule has 0 N–H and O–H groups in total. The van der Waals surface area contributed by atoms with E-state index < -0.39 is 0 Å². The Balaban J connectivity index is 2.63. The molecule has 1 heterocycles. The number of likely N-dealkylation sites (tertiary alicyclic amines) is 1. The van der Waals surface area contributed by atoms with E-state index in [1.807, 2.05) is 0 Å². The van der Waals surface area contributed by atoms with Gasteiger partial charge in [0.1, 0.15) is 5.78 Å². The quantitative estimate of drug-likeness (QED) is 0.667. The van der Waals surface area contributed by atoms with E-state index in [0.717, 1.165) is 38.8 Å². The van der Waals surface area contributed by atoms with Crippen molar-refractivity contribution in [1.82, 2.24) is 4.90 Å². The van der Waals surface area contributed by atoms with Gasteiger partial charge in [0.2, 0.25) is 0 Å². The number of rotatable bonds is 3. The Bertz CT molecular complexity index is 181. The first kappa shape index (κ1) is 10.7. The topological polar surface area (TPSA) is 20.3 Å². The van der Waals surface area contributed by atoms with Crippen molar-refractivity contribution in [1.29, 1.82) is 0 Å². The molecule has 0 atom stereocenters. The van der Waals surface area contributed by atoms with E-state index in [1.54, 1.807) is 6.92 Å². The fraction of sp³-hybridized carbons (Fsp3) is 0.909. The van der Waals surface area contributed by atoms with E-state index in [4.69, 9.17) is 0 Å². The Hall–Kier alpha value is -0.370. The molecule has 1 aliphatic heterocycles. The summed E-state index contributed by atoms with van der Waals surface area (Å²) in [5.41, 5.74) is 0.0290. The first-order valence-corrected chi connectivity index (χ1v) is 5.30. The molecular formula is C11H21NO. The van der Waals surface area contributed by atoms with Crippen molar-refractivity contribution >= 4 is 5.78 Å². The van der Waals surface area contributed by atoms with Crippen molar-refractivity contribution in [2.45, 2.75) is 39.5 Å². The second-order valence-corrected chi connectivity index (χ2v) is 4.39. The zero-order chi connectivity index (χ0) is 9.90. The number of Topliss-reactive ketones (excluding diaryl/α,β-unsaturated/α-hetero) is 1. The normalized spacial score (nSPS) is 23.0. The molecule has 2 heteroatoms. The summed E-state index contributed by atoms with van der Waals surface area (Å²) >= 11 is 0. The fourth-order valence-electron chi connectivity index (χ4n) is 2.30. The lowest BCUT2D eigenvalue weighted by atomic mass is 9.72. The monoisotopic (exact) mass is 183 g/mol. The van der Waals surface area contributed by atoms with Gasteiger partial charge in [-0.3, -0.25) is 4.79 Å². The molecule has 0 aliphatic carbocycles. The van der Waals surface area contributed by atoms with Gasteiger partial charge >= 0.3 is 0 Å². The van der Waals surface area contributed by atoms with Crippen LogP contribution in [-0.4, -0.2) is 30.8 Å². The molecule has 2 nitrogen and oxygen atoms in total. The summed E-state index contributed by atoms with van der Waals surface area (Å²) in [5, 5.41) is 0. The molecule has 0 bridgehead atoms. The van der Waals surface area contributed by atoms with Crippen LogP contribution >= 0.6 is 0 Å². The van der Waals surface area contributed by atoms with Crippen molar-refractivity contribution in [3.05, 3.63) is 0 Å². The summed E-state index contributed by atoms with van der Waals surface area (Å²) in [6, 6.07) is 0. The number of carbonyl (C=O) groups excluding carboxylic acids is 1. The Morgan fingerprint density at radius 1 is 1.38 bits per heavy atom. The molecule has 0 aromatic heterocycles. The Morgan fingerprint density at radius 2 is 1.92 bits per heavy atom. The first-order valence-electron chi connectivity index (χ1n) is 5.30. The third-order valence-electron chi connectivity index (χ3n) is 3.42. The molecule has 1 saturated heterocycles. The molecule has 0 radical (unpaired) electrons. The lowest BCUT2D eigenvalue weighted by Gasteiger charge is -2.38. The third kappa shape index (κ3) is 2.31. The van der Waals surface area contributed by atoms with Crippen molar-refractivity contribution in [2.24, 2.45) is 5.41 Å². The van der Waals surface area contributed by atoms with Crippen molar-refractivity contribution < 1.29 is 4.79 Å². The maximum atomic E-state index is 11.6. The SMILES string of the molecule is CCCC1(C(C)=O)CCN(C)CC1. The second kappa shape index (κ2) is 4.23. The minimum absolute atomic E-state index is 0.0290. The minimum atomic E-state index is 0.0290. The maximum absolute atomic E-state index is 11.6. The number of piperidine rings is 1. The molecule has 1 aliphatic rings. The summed E-state index contributed by atoms with van der Waals surface area (Å²) < 4.78 is 0. The third-order valence-corrected chi connectivity index (χ3v) is 3.42. The van der Waals surface area contributed by atoms with Crippen molar-refractivity contribution in [2.75, 3.05) is 20.1 Å². The van der Waals surface area contributed by atoms with Gasteiger partial charge in [-0.15, -0.1) is 0 Å². The van der Waals surface area contributed by atoms with E-state index in [1.165, 1.54) is 0 Å². The molecule has 1 rings (SSSR count). The number of nitrogens with zero attached hydrogens (tertiary/aromatic N) is 1. The van der Waals surface area contributed by atoms with Gasteiger partial charge in [-0.25, -0.2) is 0 Å². The van der Waals surface area contributed by atoms with Gasteiger partial charge in [0, 0.05) is 5.41 Å². The van der Waals surface area contributed by atoms with E-state index in [0.29, 0.717) is 5.78 Å². The second-order valence-electron chi connectivity index (χ2n) is 4.39. The van der Waals surface area contributed by atoms with E-state index >= 15 is 0 Å². The average Bonchev–Trinajstić information content (AvgIpc) is 2.09. The van der Waals surface area contributed by atoms with Crippen LogP contribution < -0.4 is 0 Å². The highest BCUT2D eigenvalue weighted by Gasteiger charge is 2.36. The highest BCUT2D eigenvalue weighted by atomic mass is 16.1. The smallest absolute Gasteiger partial charge is 0.136 e. The van der Waals surface area contributed by atoms with Gasteiger partial charge in [-0.1, -0.05) is 13.3 Å². The fourth-order valence-corrected chi connectivity index (χ4v) is 2.30. The zero-order valence-corrected chi connectivity index (χ0v) is 9.10. The highest BCUT2D eigenvalue weighted by molar-refractivity contribution is 5.82. The van der Waals surface area contributed by atoms with Crippen molar-refractivity contribution in [3.63, 3.8) is 0 Å².